The van der Waals surface area contributed by atoms with Gasteiger partial charge in [0.2, 0.25) is 0 Å². The van der Waals surface area contributed by atoms with Crippen molar-refractivity contribution >= 4 is 15.6 Å². The first-order valence-electron chi connectivity index (χ1n) is 3.56. The van der Waals surface area contributed by atoms with Gasteiger partial charge in [0.25, 0.3) is 0 Å². The van der Waals surface area contributed by atoms with Crippen LogP contribution in [0, 0.1) is 5.82 Å². The molecule has 0 saturated carbocycles. The summed E-state index contributed by atoms with van der Waals surface area (Å²) in [6.07, 6.45) is 0. The Morgan fingerprint density at radius 2 is 2.00 bits per heavy atom. The van der Waals surface area contributed by atoms with Crippen LogP contribution < -0.4 is 0 Å². The van der Waals surface area contributed by atoms with Crippen molar-refractivity contribution < 1.29 is 17.6 Å². The Kier molecular flexibility index (Phi) is 1.53. The van der Waals surface area contributed by atoms with Gasteiger partial charge >= 0.3 is 0 Å². The molecule has 2 rings (SSSR count). The van der Waals surface area contributed by atoms with Crippen LogP contribution in [0.4, 0.5) is 4.39 Å². The zero-order valence-electron chi connectivity index (χ0n) is 6.45. The zero-order chi connectivity index (χ0) is 9.64. The molecule has 0 amide bonds. The summed E-state index contributed by atoms with van der Waals surface area (Å²) >= 11 is 0. The monoisotopic (exact) mass is 200 g/mol. The predicted molar refractivity (Wildman–Crippen MR) is 42.8 cm³/mol. The topological polar surface area (TPSA) is 51.2 Å². The molecule has 13 heavy (non-hydrogen) atoms. The van der Waals surface area contributed by atoms with E-state index in [0.29, 0.717) is 0 Å². The first-order chi connectivity index (χ1) is 6.00. The average Bonchev–Trinajstić information content (AvgIpc) is 2.22. The van der Waals surface area contributed by atoms with E-state index in [0.717, 1.165) is 18.2 Å². The maximum Gasteiger partial charge on any atom is 0.186 e. The highest BCUT2D eigenvalue weighted by atomic mass is 32.2. The lowest BCUT2D eigenvalue weighted by Gasteiger charge is -1.94. The van der Waals surface area contributed by atoms with Crippen LogP contribution >= 0.6 is 0 Å². The van der Waals surface area contributed by atoms with Gasteiger partial charge in [0.15, 0.2) is 15.6 Å². The van der Waals surface area contributed by atoms with Crippen molar-refractivity contribution in [2.45, 2.75) is 4.90 Å². The minimum atomic E-state index is -3.49. The van der Waals surface area contributed by atoms with Crippen LogP contribution in [-0.4, -0.2) is 20.0 Å². The SMILES string of the molecule is O=C1CS(=O)(=O)c2ccc(F)cc21. The van der Waals surface area contributed by atoms with Crippen molar-refractivity contribution in [2.75, 3.05) is 5.75 Å². The van der Waals surface area contributed by atoms with Gasteiger partial charge in [0.1, 0.15) is 11.6 Å². The van der Waals surface area contributed by atoms with Gasteiger partial charge in [-0.15, -0.1) is 0 Å². The van der Waals surface area contributed by atoms with Gasteiger partial charge in [-0.2, -0.15) is 0 Å². The van der Waals surface area contributed by atoms with Crippen LogP contribution in [0.3, 0.4) is 0 Å². The highest BCUT2D eigenvalue weighted by molar-refractivity contribution is 7.92. The van der Waals surface area contributed by atoms with E-state index in [-0.39, 0.29) is 10.5 Å². The van der Waals surface area contributed by atoms with Crippen LogP contribution in [0.1, 0.15) is 10.4 Å². The number of Topliss-reactive ketones (excluding diaryl/α,β-unsaturated/α-hetero) is 1. The van der Waals surface area contributed by atoms with E-state index < -0.39 is 27.2 Å². The number of rotatable bonds is 0. The van der Waals surface area contributed by atoms with Gasteiger partial charge in [-0.25, -0.2) is 12.8 Å². The van der Waals surface area contributed by atoms with E-state index in [1.807, 2.05) is 0 Å². The molecule has 0 unspecified atom stereocenters. The van der Waals surface area contributed by atoms with Crippen LogP contribution in [0.2, 0.25) is 0 Å². The number of ketones is 1. The molecule has 0 atom stereocenters. The molecule has 0 aliphatic carbocycles. The third kappa shape index (κ3) is 1.16. The van der Waals surface area contributed by atoms with Gasteiger partial charge in [-0.05, 0) is 18.2 Å². The van der Waals surface area contributed by atoms with Gasteiger partial charge in [-0.1, -0.05) is 0 Å². The molecular weight excluding hydrogens is 195 g/mol. The summed E-state index contributed by atoms with van der Waals surface area (Å²) in [5.74, 6) is -1.66. The summed E-state index contributed by atoms with van der Waals surface area (Å²) in [5.41, 5.74) is -0.0278. The molecule has 0 N–H and O–H groups in total. The first kappa shape index (κ1) is 8.37. The van der Waals surface area contributed by atoms with Gasteiger partial charge in [0, 0.05) is 5.56 Å². The summed E-state index contributed by atoms with van der Waals surface area (Å²) < 4.78 is 35.1. The number of benzene rings is 1. The average molecular weight is 200 g/mol. The Balaban J connectivity index is 2.80. The van der Waals surface area contributed by atoms with E-state index in [2.05, 4.69) is 0 Å². The quantitative estimate of drug-likeness (QED) is 0.582. The molecule has 1 aliphatic rings. The van der Waals surface area contributed by atoms with E-state index in [1.165, 1.54) is 0 Å². The normalized spacial score (nSPS) is 18.7. The summed E-state index contributed by atoms with van der Waals surface area (Å²) in [4.78, 5) is 11.0. The molecule has 1 heterocycles. The molecule has 0 radical (unpaired) electrons. The smallest absolute Gasteiger partial charge is 0.186 e. The van der Waals surface area contributed by atoms with Gasteiger partial charge < -0.3 is 0 Å². The Morgan fingerprint density at radius 1 is 1.31 bits per heavy atom. The summed E-state index contributed by atoms with van der Waals surface area (Å²) in [6, 6.07) is 3.13. The first-order valence-corrected chi connectivity index (χ1v) is 5.21. The Labute approximate surface area is 74.1 Å². The third-order valence-electron chi connectivity index (χ3n) is 1.90. The molecule has 0 bridgehead atoms. The van der Waals surface area contributed by atoms with Crippen molar-refractivity contribution in [3.05, 3.63) is 29.6 Å². The summed E-state index contributed by atoms with van der Waals surface area (Å²) in [7, 11) is -3.49. The predicted octanol–water partition coefficient (Wildman–Crippen LogP) is 0.796. The van der Waals surface area contributed by atoms with Crippen LogP contribution in [0.5, 0.6) is 0 Å². The Hall–Kier alpha value is -1.23. The molecule has 1 aliphatic heterocycles. The maximum atomic E-state index is 12.6. The number of sulfone groups is 1. The molecule has 0 spiro atoms. The fraction of sp³-hybridized carbons (Fsp3) is 0.125. The van der Waals surface area contributed by atoms with Crippen molar-refractivity contribution in [1.82, 2.24) is 0 Å². The van der Waals surface area contributed by atoms with Gasteiger partial charge in [-0.3, -0.25) is 4.79 Å². The third-order valence-corrected chi connectivity index (χ3v) is 3.57. The molecule has 1 aromatic carbocycles. The molecular formula is C8H5FO3S. The number of hydrogen-bond donors (Lipinski definition) is 0. The number of fused-ring (bicyclic) bond motifs is 1. The largest absolute Gasteiger partial charge is 0.293 e. The van der Waals surface area contributed by atoms with Crippen molar-refractivity contribution in [3.8, 4) is 0 Å². The minimum Gasteiger partial charge on any atom is -0.293 e. The van der Waals surface area contributed by atoms with Crippen molar-refractivity contribution in [1.29, 1.82) is 0 Å². The van der Waals surface area contributed by atoms with Crippen molar-refractivity contribution in [2.24, 2.45) is 0 Å². The second-order valence-corrected chi connectivity index (χ2v) is 4.78. The van der Waals surface area contributed by atoms with Crippen LogP contribution in [-0.2, 0) is 9.84 Å². The second-order valence-electron chi connectivity index (χ2n) is 2.82. The fourth-order valence-electron chi connectivity index (χ4n) is 1.32. The molecule has 0 aromatic heterocycles. The van der Waals surface area contributed by atoms with Crippen LogP contribution in [0.15, 0.2) is 23.1 Å². The van der Waals surface area contributed by atoms with Crippen LogP contribution in [0.25, 0.3) is 0 Å². The lowest BCUT2D eigenvalue weighted by Crippen LogP contribution is -2.03. The number of carbonyl (C=O) groups is 1. The molecule has 0 fully saturated rings. The van der Waals surface area contributed by atoms with E-state index in [1.54, 1.807) is 0 Å². The van der Waals surface area contributed by atoms with E-state index in [4.69, 9.17) is 0 Å². The Bertz CT molecular complexity index is 490. The molecule has 68 valence electrons. The zero-order valence-corrected chi connectivity index (χ0v) is 7.27. The highest BCUT2D eigenvalue weighted by Gasteiger charge is 2.33. The Morgan fingerprint density at radius 3 is 2.69 bits per heavy atom. The van der Waals surface area contributed by atoms with Gasteiger partial charge in [0.05, 0.1) is 4.90 Å². The molecule has 0 saturated heterocycles. The van der Waals surface area contributed by atoms with Crippen molar-refractivity contribution in [3.63, 3.8) is 0 Å². The minimum absolute atomic E-state index is 0.0278. The highest BCUT2D eigenvalue weighted by Crippen LogP contribution is 2.25. The van der Waals surface area contributed by atoms with E-state index >= 15 is 0 Å². The number of carbonyl (C=O) groups excluding carboxylic acids is 1. The maximum absolute atomic E-state index is 12.6. The fourth-order valence-corrected chi connectivity index (χ4v) is 2.76. The molecule has 1 aromatic rings. The summed E-state index contributed by atoms with van der Waals surface area (Å²) in [6.45, 7) is 0. The van der Waals surface area contributed by atoms with E-state index in [9.17, 15) is 17.6 Å². The lowest BCUT2D eigenvalue weighted by atomic mass is 10.1. The summed E-state index contributed by atoms with van der Waals surface area (Å²) in [5, 5.41) is 0. The molecule has 5 heteroatoms. The number of halogens is 1. The lowest BCUT2D eigenvalue weighted by molar-refractivity contribution is 0.102. The standard InChI is InChI=1S/C8H5FO3S/c9-5-1-2-8-6(3-5)7(10)4-13(8,11)12/h1-3H,4H2. The second kappa shape index (κ2) is 2.38. The number of hydrogen-bond acceptors (Lipinski definition) is 3. The molecule has 3 nitrogen and oxygen atoms in total.